The summed E-state index contributed by atoms with van der Waals surface area (Å²) in [6.45, 7) is 0. The van der Waals surface area contributed by atoms with Gasteiger partial charge < -0.3 is 4.57 Å². The van der Waals surface area contributed by atoms with E-state index in [4.69, 9.17) is 23.2 Å². The molecule has 0 amide bonds. The number of halogens is 2. The average Bonchev–Trinajstić information content (AvgIpc) is 2.69. The molecule has 0 spiro atoms. The molecule has 96 valence electrons. The number of hydrogen-bond acceptors (Lipinski definition) is 3. The molecule has 0 aromatic carbocycles. The summed E-state index contributed by atoms with van der Waals surface area (Å²) < 4.78 is 2.00. The summed E-state index contributed by atoms with van der Waals surface area (Å²) >= 11 is 11.9. The first-order valence-electron chi connectivity index (χ1n) is 6.22. The average molecular weight is 285 g/mol. The summed E-state index contributed by atoms with van der Waals surface area (Å²) in [5.74, 6) is 1.57. The molecular formula is C12H14Cl2N4. The number of aryl methyl sites for hydroxylation is 1. The van der Waals surface area contributed by atoms with Crippen LogP contribution in [0, 0.1) is 0 Å². The molecule has 3 rings (SSSR count). The lowest BCUT2D eigenvalue weighted by Crippen LogP contribution is -2.10. The standard InChI is InChI=1S/C12H14Cl2N4/c1-18-10(7-5-3-2-4-6-7)15-8-9(13)16-12(14)17-11(8)18/h7H,2-6H2,1H3. The Morgan fingerprint density at radius 3 is 2.50 bits per heavy atom. The molecule has 1 aliphatic rings. The van der Waals surface area contributed by atoms with Crippen LogP contribution in [0.15, 0.2) is 0 Å². The maximum Gasteiger partial charge on any atom is 0.225 e. The van der Waals surface area contributed by atoms with E-state index in [1.807, 2.05) is 11.6 Å². The van der Waals surface area contributed by atoms with Gasteiger partial charge in [0.25, 0.3) is 0 Å². The number of rotatable bonds is 1. The van der Waals surface area contributed by atoms with Crippen molar-refractivity contribution in [1.29, 1.82) is 0 Å². The monoisotopic (exact) mass is 284 g/mol. The molecule has 0 radical (unpaired) electrons. The summed E-state index contributed by atoms with van der Waals surface area (Å²) in [7, 11) is 1.97. The van der Waals surface area contributed by atoms with Crippen LogP contribution in [-0.2, 0) is 7.05 Å². The Kier molecular flexibility index (Phi) is 3.16. The lowest BCUT2D eigenvalue weighted by Gasteiger charge is -2.20. The second-order valence-corrected chi connectivity index (χ2v) is 5.52. The number of nitrogens with zero attached hydrogens (tertiary/aromatic N) is 4. The topological polar surface area (TPSA) is 43.6 Å². The van der Waals surface area contributed by atoms with Crippen LogP contribution in [0.25, 0.3) is 11.2 Å². The van der Waals surface area contributed by atoms with Crippen molar-refractivity contribution < 1.29 is 0 Å². The number of fused-ring (bicyclic) bond motifs is 1. The largest absolute Gasteiger partial charge is 0.315 e. The lowest BCUT2D eigenvalue weighted by molar-refractivity contribution is 0.422. The highest BCUT2D eigenvalue weighted by Gasteiger charge is 2.23. The molecule has 0 unspecified atom stereocenters. The van der Waals surface area contributed by atoms with E-state index in [2.05, 4.69) is 15.0 Å². The van der Waals surface area contributed by atoms with Crippen LogP contribution in [0.5, 0.6) is 0 Å². The van der Waals surface area contributed by atoms with Gasteiger partial charge in [-0.25, -0.2) is 9.97 Å². The van der Waals surface area contributed by atoms with Gasteiger partial charge >= 0.3 is 0 Å². The van der Waals surface area contributed by atoms with Crippen LogP contribution in [0.3, 0.4) is 0 Å². The molecule has 1 saturated carbocycles. The first kappa shape index (κ1) is 12.2. The lowest BCUT2D eigenvalue weighted by atomic mass is 9.89. The molecule has 6 heteroatoms. The van der Waals surface area contributed by atoms with Gasteiger partial charge in [0, 0.05) is 13.0 Å². The van der Waals surface area contributed by atoms with Gasteiger partial charge in [0.15, 0.2) is 10.8 Å². The van der Waals surface area contributed by atoms with Crippen LogP contribution >= 0.6 is 23.2 Å². The van der Waals surface area contributed by atoms with Crippen molar-refractivity contribution in [3.05, 3.63) is 16.3 Å². The predicted octanol–water partition coefficient (Wildman–Crippen LogP) is 3.72. The third-order valence-corrected chi connectivity index (χ3v) is 4.09. The van der Waals surface area contributed by atoms with Gasteiger partial charge in [0.1, 0.15) is 11.3 Å². The maximum atomic E-state index is 6.08. The van der Waals surface area contributed by atoms with Crippen molar-refractivity contribution in [3.8, 4) is 0 Å². The third kappa shape index (κ3) is 1.97. The highest BCUT2D eigenvalue weighted by atomic mass is 35.5. The van der Waals surface area contributed by atoms with Gasteiger partial charge in [-0.05, 0) is 24.4 Å². The highest BCUT2D eigenvalue weighted by Crippen LogP contribution is 2.34. The maximum absolute atomic E-state index is 6.08. The molecule has 2 aromatic heterocycles. The molecular weight excluding hydrogens is 271 g/mol. The zero-order chi connectivity index (χ0) is 12.7. The van der Waals surface area contributed by atoms with E-state index in [9.17, 15) is 0 Å². The smallest absolute Gasteiger partial charge is 0.225 e. The van der Waals surface area contributed by atoms with E-state index in [1.54, 1.807) is 0 Å². The minimum Gasteiger partial charge on any atom is -0.315 e. The van der Waals surface area contributed by atoms with E-state index < -0.39 is 0 Å². The third-order valence-electron chi connectivity index (χ3n) is 3.65. The minimum absolute atomic E-state index is 0.172. The van der Waals surface area contributed by atoms with Crippen LogP contribution in [0.1, 0.15) is 43.8 Å². The summed E-state index contributed by atoms with van der Waals surface area (Å²) in [5.41, 5.74) is 1.38. The second-order valence-electron chi connectivity index (χ2n) is 4.82. The predicted molar refractivity (Wildman–Crippen MR) is 72.2 cm³/mol. The molecule has 0 bridgehead atoms. The Morgan fingerprint density at radius 2 is 1.78 bits per heavy atom. The summed E-state index contributed by atoms with van der Waals surface area (Å²) in [6, 6.07) is 0. The molecule has 2 heterocycles. The zero-order valence-electron chi connectivity index (χ0n) is 10.2. The van der Waals surface area contributed by atoms with E-state index in [1.165, 1.54) is 32.1 Å². The van der Waals surface area contributed by atoms with E-state index in [0.717, 1.165) is 11.5 Å². The Bertz CT molecular complexity index is 587. The van der Waals surface area contributed by atoms with Gasteiger partial charge in [-0.2, -0.15) is 4.98 Å². The molecule has 0 N–H and O–H groups in total. The van der Waals surface area contributed by atoms with Crippen molar-refractivity contribution in [2.45, 2.75) is 38.0 Å². The number of aromatic nitrogens is 4. The fraction of sp³-hybridized carbons (Fsp3) is 0.583. The molecule has 4 nitrogen and oxygen atoms in total. The first-order chi connectivity index (χ1) is 8.66. The molecule has 1 aliphatic carbocycles. The minimum atomic E-state index is 0.172. The van der Waals surface area contributed by atoms with Gasteiger partial charge in [-0.3, -0.25) is 0 Å². The van der Waals surface area contributed by atoms with Crippen molar-refractivity contribution in [2.75, 3.05) is 0 Å². The van der Waals surface area contributed by atoms with Crippen molar-refractivity contribution in [3.63, 3.8) is 0 Å². The molecule has 0 saturated heterocycles. The first-order valence-corrected chi connectivity index (χ1v) is 6.98. The van der Waals surface area contributed by atoms with Crippen molar-refractivity contribution in [1.82, 2.24) is 19.5 Å². The van der Waals surface area contributed by atoms with E-state index in [-0.39, 0.29) is 5.28 Å². The summed E-state index contributed by atoms with van der Waals surface area (Å²) in [6.07, 6.45) is 6.25. The number of hydrogen-bond donors (Lipinski definition) is 0. The van der Waals surface area contributed by atoms with Crippen LogP contribution in [-0.4, -0.2) is 19.5 Å². The molecule has 0 atom stereocenters. The number of imidazole rings is 1. The van der Waals surface area contributed by atoms with Gasteiger partial charge in [-0.1, -0.05) is 30.9 Å². The van der Waals surface area contributed by atoms with E-state index >= 15 is 0 Å². The highest BCUT2D eigenvalue weighted by molar-refractivity contribution is 6.35. The van der Waals surface area contributed by atoms with Gasteiger partial charge in [0.05, 0.1) is 0 Å². The van der Waals surface area contributed by atoms with Crippen molar-refractivity contribution in [2.24, 2.45) is 7.05 Å². The fourth-order valence-corrected chi connectivity index (χ4v) is 3.16. The Morgan fingerprint density at radius 1 is 1.06 bits per heavy atom. The molecule has 1 fully saturated rings. The second kappa shape index (κ2) is 4.67. The molecule has 2 aromatic rings. The van der Waals surface area contributed by atoms with Crippen LogP contribution in [0.2, 0.25) is 10.4 Å². The Balaban J connectivity index is 2.13. The summed E-state index contributed by atoms with van der Waals surface area (Å²) in [5, 5.41) is 0.508. The van der Waals surface area contributed by atoms with Crippen LogP contribution in [0.4, 0.5) is 0 Å². The quantitative estimate of drug-likeness (QED) is 0.592. The SMILES string of the molecule is Cn1c(C2CCCCC2)nc2c(Cl)nc(Cl)nc21. The fourth-order valence-electron chi connectivity index (χ4n) is 2.75. The normalized spacial score (nSPS) is 17.5. The Labute approximate surface area is 115 Å². The van der Waals surface area contributed by atoms with E-state index in [0.29, 0.717) is 16.6 Å². The summed E-state index contributed by atoms with van der Waals surface area (Å²) in [4.78, 5) is 12.8. The Hall–Kier alpha value is -0.870. The zero-order valence-corrected chi connectivity index (χ0v) is 11.7. The van der Waals surface area contributed by atoms with Gasteiger partial charge in [-0.15, -0.1) is 0 Å². The molecule has 18 heavy (non-hydrogen) atoms. The molecule has 0 aliphatic heterocycles. The van der Waals surface area contributed by atoms with Crippen molar-refractivity contribution >= 4 is 34.4 Å². The van der Waals surface area contributed by atoms with Gasteiger partial charge in [0.2, 0.25) is 5.28 Å². The van der Waals surface area contributed by atoms with Crippen LogP contribution < -0.4 is 0 Å².